The Bertz CT molecular complexity index is 1280. The van der Waals surface area contributed by atoms with Gasteiger partial charge in [0.05, 0.1) is 5.69 Å². The molecule has 0 aliphatic heterocycles. The van der Waals surface area contributed by atoms with Crippen LogP contribution in [0, 0.1) is 17.2 Å². The zero-order valence-electron chi connectivity index (χ0n) is 22.0. The summed E-state index contributed by atoms with van der Waals surface area (Å²) in [6, 6.07) is 15.7. The maximum Gasteiger partial charge on any atom is 0.155 e. The molecule has 2 aromatic carbocycles. The van der Waals surface area contributed by atoms with Gasteiger partial charge in [-0.05, 0) is 79.3 Å². The smallest absolute Gasteiger partial charge is 0.155 e. The maximum atomic E-state index is 14.9. The minimum Gasteiger partial charge on any atom is -0.344 e. The van der Waals surface area contributed by atoms with Gasteiger partial charge in [0.1, 0.15) is 11.6 Å². The fourth-order valence-corrected chi connectivity index (χ4v) is 5.36. The minimum absolute atomic E-state index is 0. The van der Waals surface area contributed by atoms with Gasteiger partial charge < -0.3 is 4.57 Å². The molecule has 1 saturated carbocycles. The second-order valence-corrected chi connectivity index (χ2v) is 11.4. The summed E-state index contributed by atoms with van der Waals surface area (Å²) in [5.74, 6) is 0.600. The summed E-state index contributed by atoms with van der Waals surface area (Å²) < 4.78 is 16.9. The highest BCUT2D eigenvalue weighted by molar-refractivity contribution is 5.90. The van der Waals surface area contributed by atoms with Gasteiger partial charge in [-0.15, -0.1) is 0 Å². The van der Waals surface area contributed by atoms with E-state index in [4.69, 9.17) is 0 Å². The summed E-state index contributed by atoms with van der Waals surface area (Å²) >= 11 is 0. The van der Waals surface area contributed by atoms with Crippen LogP contribution in [0.3, 0.4) is 0 Å². The van der Waals surface area contributed by atoms with E-state index in [2.05, 4.69) is 43.5 Å². The summed E-state index contributed by atoms with van der Waals surface area (Å²) in [6.45, 7) is 6.19. The van der Waals surface area contributed by atoms with E-state index in [9.17, 15) is 14.0 Å². The van der Waals surface area contributed by atoms with E-state index in [-0.39, 0.29) is 30.1 Å². The van der Waals surface area contributed by atoms with E-state index in [1.807, 2.05) is 37.4 Å². The van der Waals surface area contributed by atoms with Crippen molar-refractivity contribution in [2.75, 3.05) is 0 Å². The second kappa shape index (κ2) is 10.9. The van der Waals surface area contributed by atoms with Crippen LogP contribution in [0.5, 0.6) is 0 Å². The molecule has 0 spiro atoms. The Labute approximate surface area is 215 Å². The summed E-state index contributed by atoms with van der Waals surface area (Å²) in [6.07, 6.45) is 8.72. The van der Waals surface area contributed by atoms with Crippen LogP contribution in [0.1, 0.15) is 78.6 Å². The molecule has 1 aliphatic rings. The monoisotopic (exact) mass is 489 g/mol. The lowest BCUT2D eigenvalue weighted by Crippen LogP contribution is -2.21. The lowest BCUT2D eigenvalue weighted by Gasteiger charge is -2.28. The number of hydrogen-bond donors (Lipinski definition) is 0. The number of carbonyl (C=O) groups excluding carboxylic acids is 2. The number of ketones is 2. The molecule has 0 saturated heterocycles. The number of Topliss-reactive ketones (excluding diaryl/α,β-unsaturated/α-hetero) is 1. The van der Waals surface area contributed by atoms with Crippen LogP contribution < -0.4 is 0 Å². The zero-order valence-corrected chi connectivity index (χ0v) is 22.0. The van der Waals surface area contributed by atoms with Crippen molar-refractivity contribution in [3.05, 3.63) is 72.1 Å². The third-order valence-electron chi connectivity index (χ3n) is 7.49. The number of nitrogens with zero attached hydrogens (tertiary/aromatic N) is 1. The first-order valence-electron chi connectivity index (χ1n) is 13.2. The van der Waals surface area contributed by atoms with Crippen LogP contribution in [0.15, 0.2) is 60.7 Å². The third-order valence-corrected chi connectivity index (χ3v) is 7.49. The maximum absolute atomic E-state index is 14.9. The number of aryl methyl sites for hydroxylation is 1. The van der Waals surface area contributed by atoms with Crippen LogP contribution in [0.25, 0.3) is 22.2 Å². The standard InChI is InChI=1S/C32H38FNO2.H2/c1-32(2,3)19-18-26(35)9-7-11-31(36)23-14-12-22(13-15-23)24-16-17-28(33)27(20-24)30-21-25-8-5-6-10-29(25)34(30)4;/h5-6,8,10,16-23H,7,9,11-15H2,1-4H3;1H/b19-18-;. The summed E-state index contributed by atoms with van der Waals surface area (Å²) in [7, 11) is 1.98. The topological polar surface area (TPSA) is 39.1 Å². The van der Waals surface area contributed by atoms with E-state index in [1.165, 1.54) is 0 Å². The van der Waals surface area contributed by atoms with Crippen molar-refractivity contribution in [2.45, 2.75) is 71.6 Å². The molecule has 1 fully saturated rings. The number of benzene rings is 2. The Morgan fingerprint density at radius 3 is 2.44 bits per heavy atom. The van der Waals surface area contributed by atoms with Gasteiger partial charge in [-0.25, -0.2) is 4.39 Å². The first kappa shape index (κ1) is 26.1. The largest absolute Gasteiger partial charge is 0.344 e. The first-order chi connectivity index (χ1) is 17.1. The normalized spacial score (nSPS) is 18.7. The molecule has 4 heteroatoms. The Morgan fingerprint density at radius 1 is 1.03 bits per heavy atom. The summed E-state index contributed by atoms with van der Waals surface area (Å²) in [5, 5.41) is 1.10. The number of fused-ring (bicyclic) bond motifs is 1. The van der Waals surface area contributed by atoms with Crippen LogP contribution in [-0.2, 0) is 16.6 Å². The average molecular weight is 490 g/mol. The number of allylic oxidation sites excluding steroid dienone is 2. The molecule has 0 radical (unpaired) electrons. The van der Waals surface area contributed by atoms with Gasteiger partial charge >= 0.3 is 0 Å². The lowest BCUT2D eigenvalue weighted by molar-refractivity contribution is -0.124. The predicted octanol–water partition coefficient (Wildman–Crippen LogP) is 8.42. The molecule has 1 aromatic heterocycles. The fourth-order valence-electron chi connectivity index (χ4n) is 5.36. The molecule has 0 N–H and O–H groups in total. The van der Waals surface area contributed by atoms with Crippen molar-refractivity contribution in [1.82, 2.24) is 4.57 Å². The van der Waals surface area contributed by atoms with Crippen LogP contribution >= 0.6 is 0 Å². The zero-order chi connectivity index (χ0) is 25.9. The molecule has 3 nitrogen and oxygen atoms in total. The Morgan fingerprint density at radius 2 is 1.75 bits per heavy atom. The highest BCUT2D eigenvalue weighted by Gasteiger charge is 2.27. The fraction of sp³-hybridized carbons (Fsp3) is 0.438. The number of hydrogen-bond acceptors (Lipinski definition) is 2. The molecular weight excluding hydrogens is 449 g/mol. The van der Waals surface area contributed by atoms with Gasteiger partial charge in [0.25, 0.3) is 0 Å². The number of aromatic nitrogens is 1. The quantitative estimate of drug-likeness (QED) is 0.298. The Kier molecular flexibility index (Phi) is 7.92. The van der Waals surface area contributed by atoms with Crippen LogP contribution in [0.4, 0.5) is 4.39 Å². The van der Waals surface area contributed by atoms with E-state index < -0.39 is 0 Å². The van der Waals surface area contributed by atoms with Gasteiger partial charge in [-0.2, -0.15) is 0 Å². The molecule has 4 rings (SSSR count). The third kappa shape index (κ3) is 6.21. The SMILES string of the molecule is Cn1c(-c2cc(C3CCC(C(=O)CCCC(=O)/C=C\C(C)(C)C)CC3)ccc2F)cc2ccccc21.[HH]. The molecule has 0 bridgehead atoms. The van der Waals surface area contributed by atoms with Gasteiger partial charge in [0.2, 0.25) is 0 Å². The summed E-state index contributed by atoms with van der Waals surface area (Å²) in [5.41, 5.74) is 3.74. The van der Waals surface area contributed by atoms with Gasteiger partial charge in [0.15, 0.2) is 5.78 Å². The molecular formula is C32H40FNO2. The van der Waals surface area contributed by atoms with E-state index in [0.717, 1.165) is 47.8 Å². The van der Waals surface area contributed by atoms with Crippen molar-refractivity contribution in [3.8, 4) is 11.3 Å². The van der Waals surface area contributed by atoms with Crippen molar-refractivity contribution in [2.24, 2.45) is 18.4 Å². The van der Waals surface area contributed by atoms with Gasteiger partial charge in [-0.3, -0.25) is 9.59 Å². The molecule has 192 valence electrons. The summed E-state index contributed by atoms with van der Waals surface area (Å²) in [4.78, 5) is 24.8. The highest BCUT2D eigenvalue weighted by Crippen LogP contribution is 2.39. The predicted molar refractivity (Wildman–Crippen MR) is 148 cm³/mol. The molecule has 0 atom stereocenters. The molecule has 36 heavy (non-hydrogen) atoms. The molecule has 0 unspecified atom stereocenters. The van der Waals surface area contributed by atoms with E-state index >= 15 is 0 Å². The van der Waals surface area contributed by atoms with E-state index in [1.54, 1.807) is 12.1 Å². The molecule has 3 aromatic rings. The van der Waals surface area contributed by atoms with Gasteiger partial charge in [-0.1, -0.05) is 51.1 Å². The van der Waals surface area contributed by atoms with Gasteiger partial charge in [0, 0.05) is 43.7 Å². The number of carbonyl (C=O) groups is 2. The van der Waals surface area contributed by atoms with Crippen LogP contribution in [0.2, 0.25) is 0 Å². The average Bonchev–Trinajstić information content (AvgIpc) is 3.19. The second-order valence-electron chi connectivity index (χ2n) is 11.4. The lowest BCUT2D eigenvalue weighted by atomic mass is 9.76. The molecule has 0 amide bonds. The van der Waals surface area contributed by atoms with Crippen molar-refractivity contribution >= 4 is 22.5 Å². The number of para-hydroxylation sites is 1. The van der Waals surface area contributed by atoms with Crippen molar-refractivity contribution < 1.29 is 15.4 Å². The number of halogens is 1. The molecule has 1 heterocycles. The Hall–Kier alpha value is -3.01. The minimum atomic E-state index is -0.208. The Balaban J connectivity index is 0.00000380. The van der Waals surface area contributed by atoms with Crippen LogP contribution in [-0.4, -0.2) is 16.1 Å². The molecule has 1 aliphatic carbocycles. The first-order valence-corrected chi connectivity index (χ1v) is 13.2. The van der Waals surface area contributed by atoms with Crippen molar-refractivity contribution in [1.29, 1.82) is 0 Å². The van der Waals surface area contributed by atoms with Crippen molar-refractivity contribution in [3.63, 3.8) is 0 Å². The highest BCUT2D eigenvalue weighted by atomic mass is 19.1. The number of rotatable bonds is 8. The van der Waals surface area contributed by atoms with E-state index in [0.29, 0.717) is 30.7 Å².